The second-order valence-corrected chi connectivity index (χ2v) is 5.87. The summed E-state index contributed by atoms with van der Waals surface area (Å²) in [6, 6.07) is 0.665. The molecule has 1 aromatic heterocycles. The van der Waals surface area contributed by atoms with Crippen LogP contribution in [0.25, 0.3) is 0 Å². The fourth-order valence-corrected chi connectivity index (χ4v) is 2.80. The normalized spacial score (nSPS) is 18.4. The summed E-state index contributed by atoms with van der Waals surface area (Å²) in [5.41, 5.74) is 1.00. The van der Waals surface area contributed by atoms with Gasteiger partial charge in [0.1, 0.15) is 16.8 Å². The van der Waals surface area contributed by atoms with Gasteiger partial charge in [-0.2, -0.15) is 0 Å². The van der Waals surface area contributed by atoms with Crippen LogP contribution >= 0.6 is 11.6 Å². The molecule has 0 radical (unpaired) electrons. The summed E-state index contributed by atoms with van der Waals surface area (Å²) in [6.45, 7) is 12.8. The van der Waals surface area contributed by atoms with E-state index in [1.807, 2.05) is 6.92 Å². The van der Waals surface area contributed by atoms with Crippen LogP contribution in [0.4, 0.5) is 5.82 Å². The number of piperazine rings is 1. The maximum absolute atomic E-state index is 6.23. The zero-order chi connectivity index (χ0) is 14.7. The van der Waals surface area contributed by atoms with Crippen molar-refractivity contribution in [1.82, 2.24) is 14.9 Å². The largest absolute Gasteiger partial charge is 0.354 e. The first-order valence-corrected chi connectivity index (χ1v) is 7.96. The van der Waals surface area contributed by atoms with Crippen LogP contribution in [0.2, 0.25) is 5.15 Å². The molecule has 0 amide bonds. The molecule has 1 aromatic rings. The lowest BCUT2D eigenvalue weighted by Gasteiger charge is -2.38. The van der Waals surface area contributed by atoms with Gasteiger partial charge in [0.2, 0.25) is 0 Å². The highest BCUT2D eigenvalue weighted by molar-refractivity contribution is 6.30. The standard InChI is InChI=1S/C15H25ClN4/c1-5-11(3)19-7-9-20(10-8-19)15-12(4)14(16)17-13(6-2)18-15/h11H,5-10H2,1-4H3. The van der Waals surface area contributed by atoms with Gasteiger partial charge in [0, 0.05) is 44.2 Å². The second-order valence-electron chi connectivity index (χ2n) is 5.51. The molecule has 2 heterocycles. The Balaban J connectivity index is 2.12. The monoisotopic (exact) mass is 296 g/mol. The average molecular weight is 297 g/mol. The van der Waals surface area contributed by atoms with Gasteiger partial charge < -0.3 is 4.90 Å². The third-order valence-corrected chi connectivity index (χ3v) is 4.62. The maximum Gasteiger partial charge on any atom is 0.137 e. The minimum atomic E-state index is 0.594. The highest BCUT2D eigenvalue weighted by Crippen LogP contribution is 2.25. The minimum Gasteiger partial charge on any atom is -0.354 e. The molecule has 0 saturated carbocycles. The first kappa shape index (κ1) is 15.5. The van der Waals surface area contributed by atoms with Gasteiger partial charge in [0.05, 0.1) is 0 Å². The number of hydrogen-bond donors (Lipinski definition) is 0. The van der Waals surface area contributed by atoms with E-state index in [0.29, 0.717) is 11.2 Å². The van der Waals surface area contributed by atoms with E-state index in [1.54, 1.807) is 0 Å². The Morgan fingerprint density at radius 1 is 1.15 bits per heavy atom. The molecule has 0 N–H and O–H groups in total. The van der Waals surface area contributed by atoms with Gasteiger partial charge in [-0.15, -0.1) is 0 Å². The molecule has 1 saturated heterocycles. The van der Waals surface area contributed by atoms with Gasteiger partial charge in [-0.1, -0.05) is 25.4 Å². The molecular formula is C15H25ClN4. The van der Waals surface area contributed by atoms with E-state index in [0.717, 1.165) is 49.8 Å². The van der Waals surface area contributed by atoms with Crippen molar-refractivity contribution in [2.75, 3.05) is 31.1 Å². The Morgan fingerprint density at radius 2 is 1.80 bits per heavy atom. The van der Waals surface area contributed by atoms with E-state index in [4.69, 9.17) is 11.6 Å². The van der Waals surface area contributed by atoms with Gasteiger partial charge in [0.25, 0.3) is 0 Å². The lowest BCUT2D eigenvalue weighted by atomic mass is 10.2. The van der Waals surface area contributed by atoms with E-state index in [1.165, 1.54) is 6.42 Å². The number of nitrogens with zero attached hydrogens (tertiary/aromatic N) is 4. The number of rotatable bonds is 4. The third-order valence-electron chi connectivity index (χ3n) is 4.25. The molecule has 0 spiro atoms. The van der Waals surface area contributed by atoms with Crippen molar-refractivity contribution >= 4 is 17.4 Å². The number of aryl methyl sites for hydroxylation is 1. The Morgan fingerprint density at radius 3 is 2.35 bits per heavy atom. The van der Waals surface area contributed by atoms with Crippen molar-refractivity contribution in [3.8, 4) is 0 Å². The van der Waals surface area contributed by atoms with Crippen LogP contribution in [0, 0.1) is 6.92 Å². The molecule has 1 fully saturated rings. The molecule has 0 bridgehead atoms. The summed E-state index contributed by atoms with van der Waals surface area (Å²) in [5.74, 6) is 1.85. The molecular weight excluding hydrogens is 272 g/mol. The highest BCUT2D eigenvalue weighted by Gasteiger charge is 2.23. The molecule has 4 nitrogen and oxygen atoms in total. The Labute approximate surface area is 127 Å². The lowest BCUT2D eigenvalue weighted by molar-refractivity contribution is 0.192. The number of anilines is 1. The predicted octanol–water partition coefficient (Wildman–Crippen LogP) is 2.92. The van der Waals surface area contributed by atoms with Gasteiger partial charge in [-0.3, -0.25) is 4.90 Å². The Kier molecular flexibility index (Phi) is 5.22. The van der Waals surface area contributed by atoms with Crippen LogP contribution in [-0.2, 0) is 6.42 Å². The van der Waals surface area contributed by atoms with Crippen LogP contribution in [0.5, 0.6) is 0 Å². The lowest BCUT2D eigenvalue weighted by Crippen LogP contribution is -2.50. The molecule has 1 atom stereocenters. The smallest absolute Gasteiger partial charge is 0.137 e. The fourth-order valence-electron chi connectivity index (χ4n) is 2.62. The maximum atomic E-state index is 6.23. The van der Waals surface area contributed by atoms with Crippen LogP contribution < -0.4 is 4.90 Å². The van der Waals surface area contributed by atoms with Crippen molar-refractivity contribution < 1.29 is 0 Å². The highest BCUT2D eigenvalue weighted by atomic mass is 35.5. The summed E-state index contributed by atoms with van der Waals surface area (Å²) in [6.07, 6.45) is 2.03. The molecule has 0 aromatic carbocycles. The summed E-state index contributed by atoms with van der Waals surface area (Å²) < 4.78 is 0. The van der Waals surface area contributed by atoms with E-state index >= 15 is 0 Å². The summed E-state index contributed by atoms with van der Waals surface area (Å²) in [7, 11) is 0. The zero-order valence-electron chi connectivity index (χ0n) is 13.0. The van der Waals surface area contributed by atoms with Gasteiger partial charge in [-0.05, 0) is 20.3 Å². The van der Waals surface area contributed by atoms with E-state index < -0.39 is 0 Å². The summed E-state index contributed by atoms with van der Waals surface area (Å²) >= 11 is 6.23. The van der Waals surface area contributed by atoms with Crippen LogP contribution in [0.15, 0.2) is 0 Å². The molecule has 1 aliphatic heterocycles. The predicted molar refractivity (Wildman–Crippen MR) is 84.7 cm³/mol. The molecule has 2 rings (SSSR count). The molecule has 0 aliphatic carbocycles. The van der Waals surface area contributed by atoms with Crippen LogP contribution in [0.1, 0.15) is 38.6 Å². The number of aromatic nitrogens is 2. The van der Waals surface area contributed by atoms with Crippen molar-refractivity contribution in [2.24, 2.45) is 0 Å². The van der Waals surface area contributed by atoms with E-state index in [-0.39, 0.29) is 0 Å². The Hall–Kier alpha value is -0.870. The van der Waals surface area contributed by atoms with Crippen LogP contribution in [0.3, 0.4) is 0 Å². The number of halogens is 1. The number of hydrogen-bond acceptors (Lipinski definition) is 4. The molecule has 1 unspecified atom stereocenters. The van der Waals surface area contributed by atoms with Crippen LogP contribution in [-0.4, -0.2) is 47.1 Å². The molecule has 1 aliphatic rings. The Bertz CT molecular complexity index is 455. The quantitative estimate of drug-likeness (QED) is 0.800. The molecule has 112 valence electrons. The first-order chi connectivity index (χ1) is 9.56. The van der Waals surface area contributed by atoms with E-state index in [2.05, 4.69) is 40.5 Å². The average Bonchev–Trinajstić information content (AvgIpc) is 2.49. The van der Waals surface area contributed by atoms with Crippen molar-refractivity contribution in [3.63, 3.8) is 0 Å². The van der Waals surface area contributed by atoms with Gasteiger partial charge in [-0.25, -0.2) is 9.97 Å². The zero-order valence-corrected chi connectivity index (χ0v) is 13.7. The minimum absolute atomic E-state index is 0.594. The topological polar surface area (TPSA) is 32.3 Å². The van der Waals surface area contributed by atoms with Gasteiger partial charge >= 0.3 is 0 Å². The third kappa shape index (κ3) is 3.23. The summed E-state index contributed by atoms with van der Waals surface area (Å²) in [5, 5.41) is 0.594. The van der Waals surface area contributed by atoms with Crippen molar-refractivity contribution in [2.45, 2.75) is 46.6 Å². The molecule has 20 heavy (non-hydrogen) atoms. The summed E-state index contributed by atoms with van der Waals surface area (Å²) in [4.78, 5) is 13.9. The second kappa shape index (κ2) is 6.72. The fraction of sp³-hybridized carbons (Fsp3) is 0.733. The van der Waals surface area contributed by atoms with Crippen molar-refractivity contribution in [1.29, 1.82) is 0 Å². The SMILES string of the molecule is CCc1nc(Cl)c(C)c(N2CCN(C(C)CC)CC2)n1. The van der Waals surface area contributed by atoms with Crippen molar-refractivity contribution in [3.05, 3.63) is 16.5 Å². The molecule has 5 heteroatoms. The first-order valence-electron chi connectivity index (χ1n) is 7.58. The van der Waals surface area contributed by atoms with Gasteiger partial charge in [0.15, 0.2) is 0 Å². The van der Waals surface area contributed by atoms with E-state index in [9.17, 15) is 0 Å².